The third-order valence-corrected chi connectivity index (χ3v) is 3.84. The zero-order valence-electron chi connectivity index (χ0n) is 10.8. The van der Waals surface area contributed by atoms with Crippen LogP contribution in [0, 0.1) is 5.92 Å². The molecule has 1 saturated carbocycles. The van der Waals surface area contributed by atoms with Gasteiger partial charge in [0.05, 0.1) is 11.1 Å². The normalized spacial score (nSPS) is 16.5. The minimum Gasteiger partial charge on any atom is -0.399 e. The molecule has 19 heavy (non-hydrogen) atoms. The molecule has 1 aromatic carbocycles. The lowest BCUT2D eigenvalue weighted by Gasteiger charge is -2.13. The van der Waals surface area contributed by atoms with Crippen molar-refractivity contribution in [3.63, 3.8) is 0 Å². The molecule has 0 saturated heterocycles. The van der Waals surface area contributed by atoms with Crippen LogP contribution in [-0.2, 0) is 0 Å². The van der Waals surface area contributed by atoms with Gasteiger partial charge in [-0.05, 0) is 47.9 Å². The summed E-state index contributed by atoms with van der Waals surface area (Å²) in [6.07, 6.45) is 3.75. The summed E-state index contributed by atoms with van der Waals surface area (Å²) in [5.74, 6) is 1.51. The zero-order chi connectivity index (χ0) is 13.4. The lowest BCUT2D eigenvalue weighted by molar-refractivity contribution is 0.430. The van der Waals surface area contributed by atoms with Crippen LogP contribution in [0.3, 0.4) is 0 Å². The Bertz CT molecular complexity index is 590. The Hall–Kier alpha value is -1.62. The lowest BCUT2D eigenvalue weighted by Crippen LogP contribution is -2.10. The molecule has 100 valence electrons. The summed E-state index contributed by atoms with van der Waals surface area (Å²) in [5.41, 5.74) is 7.26. The second-order valence-corrected chi connectivity index (χ2v) is 5.62. The standard InChI is InChI=1S/C13H16ClN5/c1-8(6-9-2-3-9)19-13(16-17-18-19)11-7-10(15)4-5-12(11)14/h4-5,7-9H,2-3,6,15H2,1H3. The third-order valence-electron chi connectivity index (χ3n) is 3.51. The average molecular weight is 278 g/mol. The van der Waals surface area contributed by atoms with E-state index in [9.17, 15) is 0 Å². The maximum Gasteiger partial charge on any atom is 0.183 e. The molecule has 0 spiro atoms. The number of nitrogens with two attached hydrogens (primary N) is 1. The van der Waals surface area contributed by atoms with Crippen LogP contribution in [0.5, 0.6) is 0 Å². The van der Waals surface area contributed by atoms with Crippen molar-refractivity contribution in [3.8, 4) is 11.4 Å². The van der Waals surface area contributed by atoms with Gasteiger partial charge in [0.15, 0.2) is 5.82 Å². The minimum absolute atomic E-state index is 0.273. The van der Waals surface area contributed by atoms with Crippen molar-refractivity contribution >= 4 is 17.3 Å². The van der Waals surface area contributed by atoms with Gasteiger partial charge in [0.2, 0.25) is 0 Å². The fraction of sp³-hybridized carbons (Fsp3) is 0.462. The number of tetrazole rings is 1. The zero-order valence-corrected chi connectivity index (χ0v) is 11.5. The van der Waals surface area contributed by atoms with Gasteiger partial charge in [0.25, 0.3) is 0 Å². The number of benzene rings is 1. The van der Waals surface area contributed by atoms with Crippen LogP contribution in [0.2, 0.25) is 5.02 Å². The molecule has 1 aromatic heterocycles. The van der Waals surface area contributed by atoms with Crippen molar-refractivity contribution in [1.82, 2.24) is 20.2 Å². The summed E-state index contributed by atoms with van der Waals surface area (Å²) in [7, 11) is 0. The number of rotatable bonds is 4. The van der Waals surface area contributed by atoms with Crippen molar-refractivity contribution in [1.29, 1.82) is 0 Å². The van der Waals surface area contributed by atoms with Gasteiger partial charge in [0, 0.05) is 11.3 Å². The van der Waals surface area contributed by atoms with Crippen molar-refractivity contribution in [2.75, 3.05) is 5.73 Å². The van der Waals surface area contributed by atoms with E-state index in [1.54, 1.807) is 12.1 Å². The van der Waals surface area contributed by atoms with Gasteiger partial charge in [-0.3, -0.25) is 0 Å². The third kappa shape index (κ3) is 2.56. The number of halogens is 1. The molecule has 1 unspecified atom stereocenters. The van der Waals surface area contributed by atoms with Gasteiger partial charge in [-0.2, -0.15) is 0 Å². The first-order valence-corrected chi connectivity index (χ1v) is 6.86. The highest BCUT2D eigenvalue weighted by atomic mass is 35.5. The molecule has 2 aromatic rings. The molecule has 1 fully saturated rings. The van der Waals surface area contributed by atoms with Crippen molar-refractivity contribution < 1.29 is 0 Å². The number of nitrogens with zero attached hydrogens (tertiary/aromatic N) is 4. The van der Waals surface area contributed by atoms with Crippen molar-refractivity contribution in [2.24, 2.45) is 5.92 Å². The SMILES string of the molecule is CC(CC1CC1)n1nnnc1-c1cc(N)ccc1Cl. The molecular weight excluding hydrogens is 262 g/mol. The van der Waals surface area contributed by atoms with Gasteiger partial charge in [-0.15, -0.1) is 5.10 Å². The Balaban J connectivity index is 1.96. The highest BCUT2D eigenvalue weighted by Crippen LogP contribution is 2.38. The fourth-order valence-electron chi connectivity index (χ4n) is 2.32. The van der Waals surface area contributed by atoms with E-state index >= 15 is 0 Å². The molecule has 0 bridgehead atoms. The molecule has 1 aliphatic rings. The fourth-order valence-corrected chi connectivity index (χ4v) is 2.52. The van der Waals surface area contributed by atoms with Gasteiger partial charge in [0.1, 0.15) is 0 Å². The minimum atomic E-state index is 0.273. The first-order chi connectivity index (χ1) is 9.15. The summed E-state index contributed by atoms with van der Waals surface area (Å²) in [6.45, 7) is 2.14. The van der Waals surface area contributed by atoms with Crippen LogP contribution in [0.1, 0.15) is 32.2 Å². The molecule has 5 nitrogen and oxygen atoms in total. The van der Waals surface area contributed by atoms with Crippen molar-refractivity contribution in [2.45, 2.75) is 32.2 Å². The van der Waals surface area contributed by atoms with Crippen LogP contribution in [-0.4, -0.2) is 20.2 Å². The Morgan fingerprint density at radius 3 is 3.00 bits per heavy atom. The Kier molecular flexibility index (Phi) is 3.14. The molecule has 1 aliphatic carbocycles. The van der Waals surface area contributed by atoms with E-state index in [1.165, 1.54) is 12.8 Å². The maximum atomic E-state index is 6.22. The Morgan fingerprint density at radius 2 is 2.26 bits per heavy atom. The van der Waals surface area contributed by atoms with Gasteiger partial charge in [-0.25, -0.2) is 4.68 Å². The molecule has 2 N–H and O–H groups in total. The number of anilines is 1. The second kappa shape index (κ2) is 4.81. The predicted octanol–water partition coefficient (Wildman–Crippen LogP) is 2.94. The van der Waals surface area contributed by atoms with Crippen LogP contribution >= 0.6 is 11.6 Å². The number of aromatic nitrogens is 4. The molecule has 0 aliphatic heterocycles. The van der Waals surface area contributed by atoms with Crippen molar-refractivity contribution in [3.05, 3.63) is 23.2 Å². The Morgan fingerprint density at radius 1 is 1.47 bits per heavy atom. The smallest absolute Gasteiger partial charge is 0.183 e. The largest absolute Gasteiger partial charge is 0.399 e. The summed E-state index contributed by atoms with van der Waals surface area (Å²) < 4.78 is 1.85. The van der Waals surface area contributed by atoms with E-state index in [0.29, 0.717) is 16.5 Å². The van der Waals surface area contributed by atoms with E-state index in [1.807, 2.05) is 10.7 Å². The lowest BCUT2D eigenvalue weighted by atomic mass is 10.1. The Labute approximate surface area is 116 Å². The van der Waals surface area contributed by atoms with E-state index in [0.717, 1.165) is 17.9 Å². The maximum absolute atomic E-state index is 6.22. The summed E-state index contributed by atoms with van der Waals surface area (Å²) in [6, 6.07) is 5.63. The summed E-state index contributed by atoms with van der Waals surface area (Å²) in [4.78, 5) is 0. The molecule has 0 amide bonds. The number of nitrogen functional groups attached to an aromatic ring is 1. The van der Waals surface area contributed by atoms with Gasteiger partial charge >= 0.3 is 0 Å². The summed E-state index contributed by atoms with van der Waals surface area (Å²) in [5, 5.41) is 12.6. The van der Waals surface area contributed by atoms with Crippen LogP contribution in [0.25, 0.3) is 11.4 Å². The number of hydrogen-bond donors (Lipinski definition) is 1. The topological polar surface area (TPSA) is 69.6 Å². The number of hydrogen-bond acceptors (Lipinski definition) is 4. The first kappa shape index (κ1) is 12.4. The van der Waals surface area contributed by atoms with Gasteiger partial charge < -0.3 is 5.73 Å². The highest BCUT2D eigenvalue weighted by Gasteiger charge is 2.26. The quantitative estimate of drug-likeness (QED) is 0.873. The van der Waals surface area contributed by atoms with E-state index in [2.05, 4.69) is 22.4 Å². The monoisotopic (exact) mass is 277 g/mol. The van der Waals surface area contributed by atoms with E-state index in [-0.39, 0.29) is 6.04 Å². The molecule has 1 heterocycles. The second-order valence-electron chi connectivity index (χ2n) is 5.21. The van der Waals surface area contributed by atoms with Crippen LogP contribution in [0.4, 0.5) is 5.69 Å². The summed E-state index contributed by atoms with van der Waals surface area (Å²) >= 11 is 6.22. The van der Waals surface area contributed by atoms with E-state index in [4.69, 9.17) is 17.3 Å². The molecule has 6 heteroatoms. The van der Waals surface area contributed by atoms with E-state index < -0.39 is 0 Å². The first-order valence-electron chi connectivity index (χ1n) is 6.48. The molecule has 0 radical (unpaired) electrons. The predicted molar refractivity (Wildman–Crippen MR) is 74.7 cm³/mol. The molecular formula is C13H16ClN5. The van der Waals surface area contributed by atoms with Crippen LogP contribution in [0.15, 0.2) is 18.2 Å². The van der Waals surface area contributed by atoms with Crippen LogP contribution < -0.4 is 5.73 Å². The van der Waals surface area contributed by atoms with Gasteiger partial charge in [-0.1, -0.05) is 24.4 Å². The average Bonchev–Trinajstić information content (AvgIpc) is 3.06. The molecule has 3 rings (SSSR count). The highest BCUT2D eigenvalue weighted by molar-refractivity contribution is 6.33. The molecule has 1 atom stereocenters.